The Morgan fingerprint density at radius 2 is 1.01 bits per heavy atom. The maximum absolute atomic E-state index is 13.0. The summed E-state index contributed by atoms with van der Waals surface area (Å²) in [6.07, 6.45) is 55.1. The van der Waals surface area contributed by atoms with Crippen molar-refractivity contribution in [3.63, 3.8) is 0 Å². The van der Waals surface area contributed by atoms with Gasteiger partial charge in [-0.15, -0.1) is 0 Å². The molecule has 7 atom stereocenters. The van der Waals surface area contributed by atoms with Crippen molar-refractivity contribution >= 4 is 11.9 Å². The van der Waals surface area contributed by atoms with E-state index in [2.05, 4.69) is 92.1 Å². The first kappa shape index (κ1) is 65.9. The lowest BCUT2D eigenvalue weighted by atomic mass is 9.99. The van der Waals surface area contributed by atoms with E-state index in [-0.39, 0.29) is 18.5 Å². The van der Waals surface area contributed by atoms with Gasteiger partial charge in [-0.3, -0.25) is 9.59 Å². The number of rotatable bonds is 47. The minimum atomic E-state index is -1.59. The van der Waals surface area contributed by atoms with Gasteiger partial charge in [-0.25, -0.2) is 0 Å². The van der Waals surface area contributed by atoms with Crippen LogP contribution >= 0.6 is 0 Å². The standard InChI is InChI=1S/C60H103NO10/c1-3-5-7-9-11-13-15-17-22-26-30-34-38-42-46-53(63)52(51-70-60-59(68)58(67)57(66)54(50-62)71-60)61-55(64)47-43-39-35-31-27-23-20-19-21-25-29-33-37-41-45-49-69-56(65)48-44-40-36-32-28-24-18-16-14-12-10-8-6-4-2/h10,12-13,15-16,18-19,21,25-26,29-30,42,46,52-54,57-60,62-63,66-68H,3-9,11,14,17,20,22-24,27-28,31-41,43-45,47-51H2,1-2H3,(H,61,64)/b12-10-,15-13+,18-16-,21-19-,29-25-,30-26+,46-42+. The Bertz CT molecular complexity index is 1450. The fraction of sp³-hybridized carbons (Fsp3) is 0.733. The Balaban J connectivity index is 2.21. The normalized spacial score (nSPS) is 19.8. The molecule has 1 amide bonds. The first-order valence-corrected chi connectivity index (χ1v) is 28.4. The number of esters is 1. The first-order valence-electron chi connectivity index (χ1n) is 28.4. The summed E-state index contributed by atoms with van der Waals surface area (Å²) in [5.41, 5.74) is 0. The highest BCUT2D eigenvalue weighted by atomic mass is 16.7. The lowest BCUT2D eigenvalue weighted by molar-refractivity contribution is -0.302. The fourth-order valence-electron chi connectivity index (χ4n) is 8.12. The number of unbranched alkanes of at least 4 members (excludes halogenated alkanes) is 22. The molecule has 71 heavy (non-hydrogen) atoms. The predicted molar refractivity (Wildman–Crippen MR) is 292 cm³/mol. The van der Waals surface area contributed by atoms with Crippen LogP contribution in [0.3, 0.4) is 0 Å². The second-order valence-corrected chi connectivity index (χ2v) is 19.3. The smallest absolute Gasteiger partial charge is 0.305 e. The van der Waals surface area contributed by atoms with Crippen LogP contribution in [0.2, 0.25) is 0 Å². The van der Waals surface area contributed by atoms with Crippen molar-refractivity contribution in [1.82, 2.24) is 5.32 Å². The van der Waals surface area contributed by atoms with Crippen LogP contribution in [0.25, 0.3) is 0 Å². The SMILES string of the molecule is CCCC/C=C\C/C=C\CCCCCCCC(=O)OCCCCC/C=C\C=C/CCCCCCCCC(=O)NC(COC1OC(CO)C(O)C(O)C1O)C(O)/C=C/CC/C=C/CC/C=C/CCCCCC. The molecule has 0 bridgehead atoms. The summed E-state index contributed by atoms with van der Waals surface area (Å²) < 4.78 is 16.6. The van der Waals surface area contributed by atoms with Crippen molar-refractivity contribution in [2.24, 2.45) is 0 Å². The van der Waals surface area contributed by atoms with E-state index in [1.165, 1.54) is 64.2 Å². The molecule has 1 rings (SSSR count). The van der Waals surface area contributed by atoms with E-state index in [4.69, 9.17) is 14.2 Å². The third kappa shape index (κ3) is 39.0. The molecule has 1 aliphatic rings. The molecule has 0 aromatic heterocycles. The van der Waals surface area contributed by atoms with Crippen molar-refractivity contribution < 1.29 is 49.3 Å². The Morgan fingerprint density at radius 1 is 0.535 bits per heavy atom. The number of carbonyl (C=O) groups excluding carboxylic acids is 2. The lowest BCUT2D eigenvalue weighted by Gasteiger charge is -2.40. The van der Waals surface area contributed by atoms with E-state index in [1.54, 1.807) is 6.08 Å². The van der Waals surface area contributed by atoms with Gasteiger partial charge in [0.2, 0.25) is 5.91 Å². The number of hydrogen-bond donors (Lipinski definition) is 6. The Hall–Kier alpha value is -3.16. The molecule has 6 N–H and O–H groups in total. The van der Waals surface area contributed by atoms with Gasteiger partial charge in [-0.2, -0.15) is 0 Å². The van der Waals surface area contributed by atoms with E-state index in [9.17, 15) is 35.1 Å². The number of aliphatic hydroxyl groups is 5. The van der Waals surface area contributed by atoms with Crippen molar-refractivity contribution in [2.45, 2.75) is 262 Å². The van der Waals surface area contributed by atoms with Crippen LogP contribution in [0.15, 0.2) is 85.1 Å². The number of amides is 1. The van der Waals surface area contributed by atoms with Crippen molar-refractivity contribution in [3.05, 3.63) is 85.1 Å². The van der Waals surface area contributed by atoms with Crippen molar-refractivity contribution in [1.29, 1.82) is 0 Å². The number of allylic oxidation sites excluding steroid dienone is 13. The van der Waals surface area contributed by atoms with Gasteiger partial charge in [0, 0.05) is 12.8 Å². The molecule has 0 aliphatic carbocycles. The highest BCUT2D eigenvalue weighted by Crippen LogP contribution is 2.22. The monoisotopic (exact) mass is 998 g/mol. The molecular formula is C60H103NO10. The lowest BCUT2D eigenvalue weighted by Crippen LogP contribution is -2.60. The molecule has 0 saturated carbocycles. The van der Waals surface area contributed by atoms with Crippen molar-refractivity contribution in [2.75, 3.05) is 19.8 Å². The van der Waals surface area contributed by atoms with Gasteiger partial charge >= 0.3 is 5.97 Å². The molecule has 11 heteroatoms. The van der Waals surface area contributed by atoms with Gasteiger partial charge in [-0.1, -0.05) is 176 Å². The van der Waals surface area contributed by atoms with E-state index in [1.807, 2.05) is 6.08 Å². The molecule has 1 saturated heterocycles. The zero-order valence-electron chi connectivity index (χ0n) is 44.7. The van der Waals surface area contributed by atoms with Gasteiger partial charge in [0.25, 0.3) is 0 Å². The zero-order valence-corrected chi connectivity index (χ0v) is 44.7. The second kappa shape index (κ2) is 49.1. The minimum Gasteiger partial charge on any atom is -0.466 e. The summed E-state index contributed by atoms with van der Waals surface area (Å²) in [4.78, 5) is 25.1. The van der Waals surface area contributed by atoms with Gasteiger partial charge in [-0.05, 0) is 116 Å². The number of ether oxygens (including phenoxy) is 3. The molecule has 1 fully saturated rings. The number of aliphatic hydroxyl groups excluding tert-OH is 5. The molecule has 0 radical (unpaired) electrons. The summed E-state index contributed by atoms with van der Waals surface area (Å²) in [7, 11) is 0. The van der Waals surface area contributed by atoms with Crippen LogP contribution in [0.5, 0.6) is 0 Å². The first-order chi connectivity index (χ1) is 34.7. The van der Waals surface area contributed by atoms with Gasteiger partial charge < -0.3 is 45.1 Å². The largest absolute Gasteiger partial charge is 0.466 e. The topological polar surface area (TPSA) is 175 Å². The van der Waals surface area contributed by atoms with Crippen LogP contribution in [-0.4, -0.2) is 100 Å². The van der Waals surface area contributed by atoms with Crippen LogP contribution in [0, 0.1) is 0 Å². The maximum atomic E-state index is 13.0. The van der Waals surface area contributed by atoms with E-state index in [0.717, 1.165) is 116 Å². The third-order valence-electron chi connectivity index (χ3n) is 12.7. The van der Waals surface area contributed by atoms with Gasteiger partial charge in [0.05, 0.1) is 32.0 Å². The summed E-state index contributed by atoms with van der Waals surface area (Å²) in [5.74, 6) is -0.281. The van der Waals surface area contributed by atoms with Gasteiger partial charge in [0.15, 0.2) is 6.29 Å². The molecule has 0 aromatic carbocycles. The molecule has 1 heterocycles. The number of hydrogen-bond acceptors (Lipinski definition) is 10. The molecular weight excluding hydrogens is 895 g/mol. The number of nitrogens with one attached hydrogen (secondary N) is 1. The Kier molecular flexibility index (Phi) is 45.5. The highest BCUT2D eigenvalue weighted by molar-refractivity contribution is 5.76. The molecule has 0 aromatic rings. The van der Waals surface area contributed by atoms with Crippen LogP contribution in [-0.2, 0) is 23.8 Å². The highest BCUT2D eigenvalue weighted by Gasteiger charge is 2.44. The molecule has 1 aliphatic heterocycles. The molecule has 7 unspecified atom stereocenters. The predicted octanol–water partition coefficient (Wildman–Crippen LogP) is 12.6. The molecule has 11 nitrogen and oxygen atoms in total. The molecule has 0 spiro atoms. The van der Waals surface area contributed by atoms with E-state index < -0.39 is 49.5 Å². The van der Waals surface area contributed by atoms with E-state index >= 15 is 0 Å². The Labute approximate surface area is 432 Å². The van der Waals surface area contributed by atoms with Crippen LogP contribution < -0.4 is 5.32 Å². The van der Waals surface area contributed by atoms with E-state index in [0.29, 0.717) is 32.3 Å². The second-order valence-electron chi connectivity index (χ2n) is 19.3. The fourth-order valence-corrected chi connectivity index (χ4v) is 8.12. The van der Waals surface area contributed by atoms with Crippen LogP contribution in [0.1, 0.15) is 219 Å². The number of carbonyl (C=O) groups is 2. The quantitative estimate of drug-likeness (QED) is 0.0149. The Morgan fingerprint density at radius 3 is 1.61 bits per heavy atom. The minimum absolute atomic E-state index is 0.0585. The van der Waals surface area contributed by atoms with Crippen molar-refractivity contribution in [3.8, 4) is 0 Å². The summed E-state index contributed by atoms with van der Waals surface area (Å²) >= 11 is 0. The maximum Gasteiger partial charge on any atom is 0.305 e. The summed E-state index contributed by atoms with van der Waals surface area (Å²) in [5, 5.41) is 54.3. The average Bonchev–Trinajstić information content (AvgIpc) is 3.37. The van der Waals surface area contributed by atoms with Crippen LogP contribution in [0.4, 0.5) is 0 Å². The zero-order chi connectivity index (χ0) is 51.7. The van der Waals surface area contributed by atoms with Gasteiger partial charge in [0.1, 0.15) is 24.4 Å². The molecule has 408 valence electrons. The summed E-state index contributed by atoms with van der Waals surface area (Å²) in [6, 6.07) is -0.854. The third-order valence-corrected chi connectivity index (χ3v) is 12.7. The average molecular weight is 998 g/mol. The summed E-state index contributed by atoms with van der Waals surface area (Å²) in [6.45, 7) is 4.16.